The second-order valence-corrected chi connectivity index (χ2v) is 5.76. The van der Waals surface area contributed by atoms with E-state index in [1.165, 1.54) is 6.92 Å². The van der Waals surface area contributed by atoms with Gasteiger partial charge < -0.3 is 9.47 Å². The largest absolute Gasteiger partial charge is 0.460 e. The summed E-state index contributed by atoms with van der Waals surface area (Å²) in [7, 11) is 0. The molecule has 0 bridgehead atoms. The van der Waals surface area contributed by atoms with Crippen molar-refractivity contribution in [2.75, 3.05) is 0 Å². The lowest BCUT2D eigenvalue weighted by atomic mass is 9.97. The monoisotopic (exact) mass is 278 g/mol. The van der Waals surface area contributed by atoms with Crippen LogP contribution in [0.25, 0.3) is 0 Å². The van der Waals surface area contributed by atoms with Crippen molar-refractivity contribution >= 4 is 11.9 Å². The number of hydrogen-bond acceptors (Lipinski definition) is 4. The molecule has 0 heterocycles. The summed E-state index contributed by atoms with van der Waals surface area (Å²) in [5, 5.41) is 0. The molecule has 4 nitrogen and oxygen atoms in total. The molecule has 0 aliphatic rings. The van der Waals surface area contributed by atoms with E-state index in [1.54, 1.807) is 27.7 Å². The van der Waals surface area contributed by atoms with Gasteiger partial charge in [0.1, 0.15) is 11.7 Å². The van der Waals surface area contributed by atoms with Gasteiger partial charge in [-0.05, 0) is 33.3 Å². The van der Waals surface area contributed by atoms with Crippen LogP contribution in [-0.4, -0.2) is 17.5 Å². The maximum atomic E-state index is 12.1. The number of ether oxygens (including phenoxy) is 2. The Labute approximate surface area is 120 Å². The summed E-state index contributed by atoms with van der Waals surface area (Å²) in [6.45, 7) is 8.45. The van der Waals surface area contributed by atoms with Crippen LogP contribution in [0.5, 0.6) is 0 Å². The molecule has 0 fully saturated rings. The van der Waals surface area contributed by atoms with E-state index in [9.17, 15) is 9.59 Å². The van der Waals surface area contributed by atoms with E-state index >= 15 is 0 Å². The first-order valence-electron chi connectivity index (χ1n) is 6.66. The fraction of sp³-hybridized carbons (Fsp3) is 0.500. The molecule has 0 unspecified atom stereocenters. The summed E-state index contributed by atoms with van der Waals surface area (Å²) in [4.78, 5) is 23.4. The van der Waals surface area contributed by atoms with Crippen molar-refractivity contribution < 1.29 is 19.1 Å². The molecule has 0 aliphatic heterocycles. The molecule has 0 spiro atoms. The predicted octanol–water partition coefficient (Wildman–Crippen LogP) is 3.27. The lowest BCUT2D eigenvalue weighted by Gasteiger charge is -2.27. The zero-order valence-electron chi connectivity index (χ0n) is 12.7. The van der Waals surface area contributed by atoms with Crippen LogP contribution in [0.3, 0.4) is 0 Å². The third-order valence-corrected chi connectivity index (χ3v) is 2.65. The van der Waals surface area contributed by atoms with Crippen LogP contribution in [0.1, 0.15) is 46.3 Å². The number of carbonyl (C=O) groups is 2. The summed E-state index contributed by atoms with van der Waals surface area (Å²) in [6, 6.07) is 9.21. The quantitative estimate of drug-likeness (QED) is 0.793. The number of rotatable bonds is 4. The highest BCUT2D eigenvalue weighted by Gasteiger charge is 2.31. The maximum Gasteiger partial charge on any atom is 0.313 e. The Morgan fingerprint density at radius 1 is 1.10 bits per heavy atom. The first-order valence-corrected chi connectivity index (χ1v) is 6.66. The van der Waals surface area contributed by atoms with Crippen LogP contribution in [0.15, 0.2) is 30.3 Å². The zero-order valence-corrected chi connectivity index (χ0v) is 12.7. The van der Waals surface area contributed by atoms with Crippen molar-refractivity contribution in [3.8, 4) is 0 Å². The van der Waals surface area contributed by atoms with Crippen molar-refractivity contribution in [1.82, 2.24) is 0 Å². The van der Waals surface area contributed by atoms with Crippen molar-refractivity contribution in [1.29, 1.82) is 0 Å². The van der Waals surface area contributed by atoms with Crippen molar-refractivity contribution in [2.24, 2.45) is 5.92 Å². The molecular weight excluding hydrogens is 256 g/mol. The van der Waals surface area contributed by atoms with Crippen LogP contribution < -0.4 is 0 Å². The standard InChI is InChI=1S/C16H22O4/c1-11(15(18)20-16(3,4)5)14(19-12(2)17)13-9-7-6-8-10-13/h6-11,14H,1-5H3/t11-,14+/m1/s1. The highest BCUT2D eigenvalue weighted by atomic mass is 16.6. The molecule has 0 amide bonds. The minimum absolute atomic E-state index is 0.382. The fourth-order valence-corrected chi connectivity index (χ4v) is 1.80. The van der Waals surface area contributed by atoms with E-state index in [-0.39, 0.29) is 5.97 Å². The SMILES string of the molecule is CC(=O)O[C@H](c1ccccc1)[C@@H](C)C(=O)OC(C)(C)C. The topological polar surface area (TPSA) is 52.6 Å². The Hall–Kier alpha value is -1.84. The Balaban J connectivity index is 2.94. The maximum absolute atomic E-state index is 12.1. The summed E-state index contributed by atoms with van der Waals surface area (Å²) in [6.07, 6.45) is -0.636. The van der Waals surface area contributed by atoms with Crippen LogP contribution in [0.2, 0.25) is 0 Å². The Morgan fingerprint density at radius 2 is 1.65 bits per heavy atom. The average Bonchev–Trinajstić information content (AvgIpc) is 2.34. The van der Waals surface area contributed by atoms with Crippen molar-refractivity contribution in [3.05, 3.63) is 35.9 Å². The molecule has 0 saturated heterocycles. The third-order valence-electron chi connectivity index (χ3n) is 2.65. The lowest BCUT2D eigenvalue weighted by molar-refractivity contribution is -0.168. The molecule has 1 aromatic carbocycles. The van der Waals surface area contributed by atoms with E-state index in [2.05, 4.69) is 0 Å². The summed E-state index contributed by atoms with van der Waals surface area (Å²) >= 11 is 0. The van der Waals surface area contributed by atoms with Gasteiger partial charge in [0.2, 0.25) is 0 Å². The van der Waals surface area contributed by atoms with Crippen LogP contribution in [0, 0.1) is 5.92 Å². The summed E-state index contributed by atoms with van der Waals surface area (Å²) < 4.78 is 10.6. The second kappa shape index (κ2) is 6.55. The second-order valence-electron chi connectivity index (χ2n) is 5.76. The Morgan fingerprint density at radius 3 is 2.10 bits per heavy atom. The average molecular weight is 278 g/mol. The van der Waals surface area contributed by atoms with Crippen LogP contribution in [0.4, 0.5) is 0 Å². The van der Waals surface area contributed by atoms with E-state index in [4.69, 9.17) is 9.47 Å². The van der Waals surface area contributed by atoms with E-state index < -0.39 is 23.6 Å². The molecule has 1 rings (SSSR count). The predicted molar refractivity (Wildman–Crippen MR) is 76.0 cm³/mol. The van der Waals surface area contributed by atoms with Crippen LogP contribution >= 0.6 is 0 Å². The summed E-state index contributed by atoms with van der Waals surface area (Å²) in [5.41, 5.74) is 0.212. The lowest BCUT2D eigenvalue weighted by Crippen LogP contribution is -2.31. The van der Waals surface area contributed by atoms with Gasteiger partial charge in [-0.3, -0.25) is 9.59 Å². The molecule has 0 aliphatic carbocycles. The zero-order chi connectivity index (χ0) is 15.3. The minimum atomic E-state index is -0.636. The molecule has 0 aromatic heterocycles. The number of benzene rings is 1. The molecule has 2 atom stereocenters. The van der Waals surface area contributed by atoms with Gasteiger partial charge in [-0.2, -0.15) is 0 Å². The normalized spacial score (nSPS) is 14.2. The molecular formula is C16H22O4. The van der Waals surface area contributed by atoms with E-state index in [0.29, 0.717) is 0 Å². The number of hydrogen-bond donors (Lipinski definition) is 0. The van der Waals surface area contributed by atoms with E-state index in [0.717, 1.165) is 5.56 Å². The van der Waals surface area contributed by atoms with Gasteiger partial charge in [0.05, 0.1) is 5.92 Å². The number of carbonyl (C=O) groups excluding carboxylic acids is 2. The number of esters is 2. The minimum Gasteiger partial charge on any atom is -0.460 e. The van der Waals surface area contributed by atoms with Crippen LogP contribution in [-0.2, 0) is 19.1 Å². The van der Waals surface area contributed by atoms with Gasteiger partial charge in [-0.15, -0.1) is 0 Å². The first kappa shape index (κ1) is 16.2. The smallest absolute Gasteiger partial charge is 0.313 e. The third kappa shape index (κ3) is 5.03. The van der Waals surface area contributed by atoms with Gasteiger partial charge in [0.15, 0.2) is 0 Å². The molecule has 4 heteroatoms. The molecule has 110 valence electrons. The van der Waals surface area contributed by atoms with Gasteiger partial charge >= 0.3 is 11.9 Å². The highest BCUT2D eigenvalue weighted by molar-refractivity contribution is 5.74. The van der Waals surface area contributed by atoms with Gasteiger partial charge in [-0.25, -0.2) is 0 Å². The fourth-order valence-electron chi connectivity index (χ4n) is 1.80. The molecule has 20 heavy (non-hydrogen) atoms. The Kier molecular flexibility index (Phi) is 5.31. The molecule has 0 radical (unpaired) electrons. The first-order chi connectivity index (χ1) is 9.20. The Bertz CT molecular complexity index is 459. The molecule has 1 aromatic rings. The summed E-state index contributed by atoms with van der Waals surface area (Å²) in [5.74, 6) is -1.37. The van der Waals surface area contributed by atoms with Gasteiger partial charge in [-0.1, -0.05) is 30.3 Å². The molecule has 0 saturated carbocycles. The van der Waals surface area contributed by atoms with Crippen molar-refractivity contribution in [3.63, 3.8) is 0 Å². The molecule has 0 N–H and O–H groups in total. The van der Waals surface area contributed by atoms with Gasteiger partial charge in [0.25, 0.3) is 0 Å². The van der Waals surface area contributed by atoms with Crippen molar-refractivity contribution in [2.45, 2.75) is 46.3 Å². The van der Waals surface area contributed by atoms with E-state index in [1.807, 2.05) is 30.3 Å². The highest BCUT2D eigenvalue weighted by Crippen LogP contribution is 2.28. The van der Waals surface area contributed by atoms with Gasteiger partial charge in [0, 0.05) is 6.92 Å².